The zero-order valence-corrected chi connectivity index (χ0v) is 9.78. The van der Waals surface area contributed by atoms with Crippen molar-refractivity contribution in [3.8, 4) is 6.07 Å². The number of hydrogen-bond acceptors (Lipinski definition) is 2. The van der Waals surface area contributed by atoms with Crippen molar-refractivity contribution in [1.82, 2.24) is 0 Å². The zero-order chi connectivity index (χ0) is 15.7. The van der Waals surface area contributed by atoms with Crippen molar-refractivity contribution in [2.45, 2.75) is 19.0 Å². The molecule has 0 aromatic heterocycles. The highest BCUT2D eigenvalue weighted by molar-refractivity contribution is 5.97. The Labute approximate surface area is 108 Å². The summed E-state index contributed by atoms with van der Waals surface area (Å²) in [5.41, 5.74) is -1.33. The molecule has 0 fully saturated rings. The summed E-state index contributed by atoms with van der Waals surface area (Å²) in [7, 11) is 0. The van der Waals surface area contributed by atoms with Gasteiger partial charge in [0.1, 0.15) is 5.82 Å². The fourth-order valence-corrected chi connectivity index (χ4v) is 1.20. The van der Waals surface area contributed by atoms with Gasteiger partial charge in [-0.3, -0.25) is 4.79 Å². The van der Waals surface area contributed by atoms with Gasteiger partial charge in [0.05, 0.1) is 11.6 Å². The molecule has 0 aliphatic rings. The van der Waals surface area contributed by atoms with Crippen LogP contribution in [0.2, 0.25) is 0 Å². The maximum Gasteiger partial charge on any atom is 0.463 e. The fourth-order valence-electron chi connectivity index (χ4n) is 1.20. The highest BCUT2D eigenvalue weighted by atomic mass is 19.4. The lowest BCUT2D eigenvalue weighted by Crippen LogP contribution is -2.47. The topological polar surface area (TPSA) is 52.9 Å². The first kappa shape index (κ1) is 15.8. The lowest BCUT2D eigenvalue weighted by molar-refractivity contribution is -0.267. The van der Waals surface area contributed by atoms with Crippen LogP contribution in [0.1, 0.15) is 11.1 Å². The molecule has 0 saturated heterocycles. The average Bonchev–Trinajstić information content (AvgIpc) is 2.32. The Hall–Kier alpha value is -2.24. The Morgan fingerprint density at radius 3 is 2.25 bits per heavy atom. The summed E-state index contributed by atoms with van der Waals surface area (Å²) in [6, 6.07) is 3.03. The maximum atomic E-state index is 13.3. The van der Waals surface area contributed by atoms with Crippen molar-refractivity contribution in [1.29, 1.82) is 5.26 Å². The summed E-state index contributed by atoms with van der Waals surface area (Å²) < 4.78 is 74.7. The maximum absolute atomic E-state index is 13.3. The van der Waals surface area contributed by atoms with Gasteiger partial charge in [-0.05, 0) is 19.1 Å². The van der Waals surface area contributed by atoms with Crippen LogP contribution in [0.25, 0.3) is 0 Å². The molecule has 0 saturated carbocycles. The fraction of sp³-hybridized carbons (Fsp3) is 0.273. The van der Waals surface area contributed by atoms with Gasteiger partial charge in [0, 0.05) is 11.3 Å². The third-order valence-electron chi connectivity index (χ3n) is 2.36. The van der Waals surface area contributed by atoms with Gasteiger partial charge in [-0.15, -0.1) is 0 Å². The number of nitrogens with zero attached hydrogens (tertiary/aromatic N) is 1. The van der Waals surface area contributed by atoms with E-state index in [-0.39, 0.29) is 11.1 Å². The van der Waals surface area contributed by atoms with Gasteiger partial charge >= 0.3 is 18.0 Å². The van der Waals surface area contributed by atoms with Crippen LogP contribution in [0.3, 0.4) is 0 Å². The summed E-state index contributed by atoms with van der Waals surface area (Å²) in [4.78, 5) is 11.0. The van der Waals surface area contributed by atoms with Gasteiger partial charge in [0.15, 0.2) is 0 Å². The van der Waals surface area contributed by atoms with E-state index < -0.39 is 29.5 Å². The molecule has 0 spiro atoms. The monoisotopic (exact) mass is 296 g/mol. The molecule has 0 bridgehead atoms. The van der Waals surface area contributed by atoms with Gasteiger partial charge in [-0.25, -0.2) is 4.39 Å². The lowest BCUT2D eigenvalue weighted by Gasteiger charge is -2.19. The van der Waals surface area contributed by atoms with E-state index in [1.165, 1.54) is 11.4 Å². The van der Waals surface area contributed by atoms with E-state index in [1.54, 1.807) is 0 Å². The second-order valence-corrected chi connectivity index (χ2v) is 3.77. The molecule has 1 N–H and O–H groups in total. The molecular formula is C11H6F6N2O. The van der Waals surface area contributed by atoms with Crippen LogP contribution >= 0.6 is 0 Å². The minimum atomic E-state index is -6.07. The van der Waals surface area contributed by atoms with E-state index in [2.05, 4.69) is 0 Å². The highest BCUT2D eigenvalue weighted by Crippen LogP contribution is 2.36. The molecule has 0 radical (unpaired) electrons. The minimum absolute atomic E-state index is 0.335. The van der Waals surface area contributed by atoms with Gasteiger partial charge in [0.25, 0.3) is 0 Å². The van der Waals surface area contributed by atoms with Crippen molar-refractivity contribution in [2.24, 2.45) is 0 Å². The van der Waals surface area contributed by atoms with Gasteiger partial charge in [-0.2, -0.15) is 27.2 Å². The third-order valence-corrected chi connectivity index (χ3v) is 2.36. The van der Waals surface area contributed by atoms with Crippen LogP contribution < -0.4 is 5.32 Å². The first-order valence-corrected chi connectivity index (χ1v) is 4.97. The van der Waals surface area contributed by atoms with Crippen molar-refractivity contribution in [3.05, 3.63) is 29.1 Å². The number of benzene rings is 1. The van der Waals surface area contributed by atoms with Gasteiger partial charge in [0.2, 0.25) is 0 Å². The predicted molar refractivity (Wildman–Crippen MR) is 55.5 cm³/mol. The molecule has 1 aromatic rings. The minimum Gasteiger partial charge on any atom is -0.320 e. The zero-order valence-electron chi connectivity index (χ0n) is 9.78. The quantitative estimate of drug-likeness (QED) is 0.852. The summed E-state index contributed by atoms with van der Waals surface area (Å²) in [6.45, 7) is 1.05. The number of amides is 1. The Kier molecular flexibility index (Phi) is 3.98. The number of hydrogen-bond donors (Lipinski definition) is 1. The normalized spacial score (nSPS) is 11.9. The smallest absolute Gasteiger partial charge is 0.320 e. The third kappa shape index (κ3) is 2.84. The molecule has 0 aliphatic carbocycles. The number of carbonyl (C=O) groups is 1. The summed E-state index contributed by atoms with van der Waals surface area (Å²) in [5.74, 6) is -9.30. The molecule has 1 rings (SSSR count). The van der Waals surface area contributed by atoms with Crippen molar-refractivity contribution in [2.75, 3.05) is 5.32 Å². The summed E-state index contributed by atoms with van der Waals surface area (Å²) >= 11 is 0. The highest BCUT2D eigenvalue weighted by Gasteiger charge is 2.63. The Balaban J connectivity index is 3.15. The van der Waals surface area contributed by atoms with Crippen LogP contribution in [0.5, 0.6) is 0 Å². The number of rotatable bonds is 2. The van der Waals surface area contributed by atoms with E-state index in [4.69, 9.17) is 5.26 Å². The second-order valence-electron chi connectivity index (χ2n) is 3.77. The molecule has 0 heterocycles. The summed E-state index contributed by atoms with van der Waals surface area (Å²) in [6.07, 6.45) is -6.07. The molecule has 9 heteroatoms. The molecule has 20 heavy (non-hydrogen) atoms. The van der Waals surface area contributed by atoms with Crippen LogP contribution in [-0.2, 0) is 4.79 Å². The average molecular weight is 296 g/mol. The van der Waals surface area contributed by atoms with Crippen molar-refractivity contribution < 1.29 is 31.1 Å². The number of anilines is 1. The standard InChI is InChI=1S/C11H6F6N2O/c1-5-7(12)2-6(4-18)3-8(5)19-9(20)10(13,14)11(15,16)17/h2-3H,1H3,(H,19,20). The lowest BCUT2D eigenvalue weighted by atomic mass is 10.1. The molecule has 1 amide bonds. The molecule has 0 unspecified atom stereocenters. The molecule has 0 atom stereocenters. The largest absolute Gasteiger partial charge is 0.463 e. The Morgan fingerprint density at radius 2 is 1.80 bits per heavy atom. The Bertz CT molecular complexity index is 588. The van der Waals surface area contributed by atoms with Crippen molar-refractivity contribution in [3.63, 3.8) is 0 Å². The van der Waals surface area contributed by atoms with Crippen LogP contribution in [-0.4, -0.2) is 18.0 Å². The van der Waals surface area contributed by atoms with E-state index in [0.29, 0.717) is 0 Å². The van der Waals surface area contributed by atoms with Crippen molar-refractivity contribution >= 4 is 11.6 Å². The predicted octanol–water partition coefficient (Wildman–Crippen LogP) is 3.14. The van der Waals surface area contributed by atoms with Crippen LogP contribution in [0.4, 0.5) is 32.0 Å². The molecule has 108 valence electrons. The van der Waals surface area contributed by atoms with E-state index in [9.17, 15) is 31.1 Å². The number of halogens is 6. The first-order chi connectivity index (χ1) is 9.00. The number of carbonyl (C=O) groups excluding carboxylic acids is 1. The van der Waals surface area contributed by atoms with Crippen LogP contribution in [0, 0.1) is 24.1 Å². The van der Waals surface area contributed by atoms with Crippen LogP contribution in [0.15, 0.2) is 12.1 Å². The molecule has 0 aliphatic heterocycles. The molecule has 3 nitrogen and oxygen atoms in total. The summed E-state index contributed by atoms with van der Waals surface area (Å²) in [5, 5.41) is 9.82. The second kappa shape index (κ2) is 5.03. The van der Waals surface area contributed by atoms with E-state index in [1.807, 2.05) is 0 Å². The SMILES string of the molecule is Cc1c(F)cc(C#N)cc1NC(=O)C(F)(F)C(F)(F)F. The molecular weight excluding hydrogens is 290 g/mol. The Morgan fingerprint density at radius 1 is 1.25 bits per heavy atom. The number of alkyl halides is 5. The van der Waals surface area contributed by atoms with Gasteiger partial charge < -0.3 is 5.32 Å². The number of nitriles is 1. The first-order valence-electron chi connectivity index (χ1n) is 4.97. The van der Waals surface area contributed by atoms with Gasteiger partial charge in [-0.1, -0.05) is 0 Å². The van der Waals surface area contributed by atoms with E-state index >= 15 is 0 Å². The van der Waals surface area contributed by atoms with E-state index in [0.717, 1.165) is 19.1 Å². The number of nitrogens with one attached hydrogen (secondary N) is 1. The molecule has 1 aromatic carbocycles.